The monoisotopic (exact) mass is 459 g/mol. The van der Waals surface area contributed by atoms with Gasteiger partial charge in [0.1, 0.15) is 5.60 Å². The van der Waals surface area contributed by atoms with Crippen molar-refractivity contribution in [3.8, 4) is 11.1 Å². The maximum Gasteiger partial charge on any atom is 0.411 e. The van der Waals surface area contributed by atoms with Gasteiger partial charge in [0.05, 0.1) is 23.9 Å². The van der Waals surface area contributed by atoms with Crippen LogP contribution in [-0.2, 0) is 10.3 Å². The highest BCUT2D eigenvalue weighted by Gasteiger charge is 2.46. The van der Waals surface area contributed by atoms with Gasteiger partial charge in [-0.05, 0) is 50.3 Å². The van der Waals surface area contributed by atoms with Gasteiger partial charge in [-0.1, -0.05) is 54.6 Å². The van der Waals surface area contributed by atoms with Crippen molar-refractivity contribution in [2.75, 3.05) is 6.54 Å². The summed E-state index contributed by atoms with van der Waals surface area (Å²) in [5.74, 6) is 0. The summed E-state index contributed by atoms with van der Waals surface area (Å²) in [5, 5.41) is 15.1. The van der Waals surface area contributed by atoms with E-state index in [1.54, 1.807) is 18.7 Å². The van der Waals surface area contributed by atoms with Crippen LogP contribution in [0.3, 0.4) is 0 Å². The Kier molecular flexibility index (Phi) is 5.72. The summed E-state index contributed by atoms with van der Waals surface area (Å²) in [7, 11) is 0. The molecule has 0 spiro atoms. The number of amides is 1. The second kappa shape index (κ2) is 8.58. The molecule has 1 aliphatic carbocycles. The zero-order chi connectivity index (χ0) is 23.9. The van der Waals surface area contributed by atoms with Crippen LogP contribution in [0.1, 0.15) is 69.7 Å². The van der Waals surface area contributed by atoms with Crippen molar-refractivity contribution in [3.63, 3.8) is 0 Å². The van der Waals surface area contributed by atoms with Gasteiger partial charge in [0.25, 0.3) is 0 Å². The molecule has 2 atom stereocenters. The number of carbonyl (C=O) groups is 1. The Balaban J connectivity index is 1.32. The Morgan fingerprint density at radius 1 is 1.12 bits per heavy atom. The number of aromatic nitrogens is 2. The second-order valence-electron chi connectivity index (χ2n) is 10.4. The molecule has 1 amide bonds. The standard InChI is InChI=1S/C28H33N3O3/c1-20(21-9-11-22(12-10-21)23-17-29-31(18-23)25-13-14-25)30-16-15-28(34-26(30)32,19-27(2,3)33)24-7-5-4-6-8-24/h4-12,17-18,20,25,33H,13-16,19H2,1-3H3/t20-,28?/m0/s1. The van der Waals surface area contributed by atoms with Crippen molar-refractivity contribution in [3.05, 3.63) is 78.1 Å². The molecule has 2 fully saturated rings. The topological polar surface area (TPSA) is 67.6 Å². The van der Waals surface area contributed by atoms with Gasteiger partial charge in [-0.2, -0.15) is 5.10 Å². The Morgan fingerprint density at radius 3 is 2.44 bits per heavy atom. The van der Waals surface area contributed by atoms with Crippen LogP contribution in [0.15, 0.2) is 67.0 Å². The van der Waals surface area contributed by atoms with E-state index in [-0.39, 0.29) is 12.1 Å². The van der Waals surface area contributed by atoms with Gasteiger partial charge < -0.3 is 14.7 Å². The van der Waals surface area contributed by atoms with E-state index in [2.05, 4.69) is 40.2 Å². The fourth-order valence-electron chi connectivity index (χ4n) is 5.05. The summed E-state index contributed by atoms with van der Waals surface area (Å²) in [4.78, 5) is 15.0. The lowest BCUT2D eigenvalue weighted by Gasteiger charge is -2.45. The van der Waals surface area contributed by atoms with Crippen LogP contribution in [-0.4, -0.2) is 38.0 Å². The number of hydrogen-bond donors (Lipinski definition) is 1. The van der Waals surface area contributed by atoms with Gasteiger partial charge in [-0.3, -0.25) is 4.68 Å². The Hall–Kier alpha value is -3.12. The lowest BCUT2D eigenvalue weighted by Crippen LogP contribution is -2.51. The first-order chi connectivity index (χ1) is 16.2. The van der Waals surface area contributed by atoms with E-state index < -0.39 is 11.2 Å². The Labute approximate surface area is 201 Å². The van der Waals surface area contributed by atoms with Gasteiger partial charge >= 0.3 is 6.09 Å². The Bertz CT molecular complexity index is 1150. The van der Waals surface area contributed by atoms with Crippen molar-refractivity contribution in [2.45, 2.75) is 69.7 Å². The van der Waals surface area contributed by atoms with Crippen LogP contribution in [0.25, 0.3) is 11.1 Å². The SMILES string of the molecule is C[C@@H](c1ccc(-c2cnn(C3CC3)c2)cc1)N1CCC(CC(C)(C)O)(c2ccccc2)OC1=O. The maximum atomic E-state index is 13.3. The molecule has 6 nitrogen and oxygen atoms in total. The Morgan fingerprint density at radius 2 is 1.82 bits per heavy atom. The average Bonchev–Trinajstić information content (AvgIpc) is 3.55. The predicted molar refractivity (Wildman–Crippen MR) is 131 cm³/mol. The van der Waals surface area contributed by atoms with E-state index in [0.717, 1.165) is 22.3 Å². The summed E-state index contributed by atoms with van der Waals surface area (Å²) in [6.07, 6.45) is 7.09. The van der Waals surface area contributed by atoms with Crippen molar-refractivity contribution in [1.82, 2.24) is 14.7 Å². The van der Waals surface area contributed by atoms with E-state index in [9.17, 15) is 9.90 Å². The molecule has 5 rings (SSSR count). The molecule has 1 saturated heterocycles. The maximum absolute atomic E-state index is 13.3. The van der Waals surface area contributed by atoms with Gasteiger partial charge in [0, 0.05) is 31.1 Å². The third-order valence-electron chi connectivity index (χ3n) is 7.01. The number of carbonyl (C=O) groups excluding carboxylic acids is 1. The molecular formula is C28H33N3O3. The number of aliphatic hydroxyl groups is 1. The fraction of sp³-hybridized carbons (Fsp3) is 0.429. The van der Waals surface area contributed by atoms with Crippen LogP contribution < -0.4 is 0 Å². The smallest absolute Gasteiger partial charge is 0.411 e. The van der Waals surface area contributed by atoms with Crippen LogP contribution in [0, 0.1) is 0 Å². The molecule has 34 heavy (non-hydrogen) atoms. The molecule has 178 valence electrons. The number of benzene rings is 2. The molecular weight excluding hydrogens is 426 g/mol. The minimum atomic E-state index is -0.965. The summed E-state index contributed by atoms with van der Waals surface area (Å²) >= 11 is 0. The van der Waals surface area contributed by atoms with E-state index in [1.165, 1.54) is 12.8 Å². The molecule has 2 aromatic carbocycles. The zero-order valence-electron chi connectivity index (χ0n) is 20.1. The normalized spacial score (nSPS) is 21.9. The van der Waals surface area contributed by atoms with Gasteiger partial charge in [0.2, 0.25) is 0 Å². The fourth-order valence-corrected chi connectivity index (χ4v) is 5.05. The number of ether oxygens (including phenoxy) is 1. The average molecular weight is 460 g/mol. The van der Waals surface area contributed by atoms with Crippen molar-refractivity contribution in [2.24, 2.45) is 0 Å². The van der Waals surface area contributed by atoms with Crippen molar-refractivity contribution < 1.29 is 14.6 Å². The van der Waals surface area contributed by atoms with Gasteiger partial charge in [-0.15, -0.1) is 0 Å². The number of cyclic esters (lactones) is 1. The molecule has 1 aromatic heterocycles. The quantitative estimate of drug-likeness (QED) is 0.482. The minimum Gasteiger partial charge on any atom is -0.438 e. The second-order valence-corrected chi connectivity index (χ2v) is 10.4. The molecule has 0 bridgehead atoms. The lowest BCUT2D eigenvalue weighted by molar-refractivity contribution is -0.101. The summed E-state index contributed by atoms with van der Waals surface area (Å²) in [6, 6.07) is 18.6. The van der Waals surface area contributed by atoms with Crippen molar-refractivity contribution in [1.29, 1.82) is 0 Å². The van der Waals surface area contributed by atoms with E-state index in [0.29, 0.717) is 25.4 Å². The molecule has 0 radical (unpaired) electrons. The first-order valence-corrected chi connectivity index (χ1v) is 12.2. The molecule has 2 heterocycles. The van der Waals surface area contributed by atoms with Crippen LogP contribution in [0.4, 0.5) is 4.79 Å². The van der Waals surface area contributed by atoms with Gasteiger partial charge in [-0.25, -0.2) is 4.79 Å². The molecule has 6 heteroatoms. The molecule has 1 unspecified atom stereocenters. The summed E-state index contributed by atoms with van der Waals surface area (Å²) in [5.41, 5.74) is 2.42. The summed E-state index contributed by atoms with van der Waals surface area (Å²) < 4.78 is 8.19. The van der Waals surface area contributed by atoms with Crippen LogP contribution in [0.2, 0.25) is 0 Å². The molecule has 3 aromatic rings. The first-order valence-electron chi connectivity index (χ1n) is 12.2. The highest BCUT2D eigenvalue weighted by Crippen LogP contribution is 2.42. The molecule has 1 N–H and O–H groups in total. The minimum absolute atomic E-state index is 0.119. The number of nitrogens with zero attached hydrogens (tertiary/aromatic N) is 3. The lowest BCUT2D eigenvalue weighted by atomic mass is 9.80. The first kappa shape index (κ1) is 22.7. The number of hydrogen-bond acceptors (Lipinski definition) is 4. The van der Waals surface area contributed by atoms with Gasteiger partial charge in [0.15, 0.2) is 0 Å². The third-order valence-corrected chi connectivity index (χ3v) is 7.01. The molecule has 1 aliphatic heterocycles. The van der Waals surface area contributed by atoms with E-state index in [1.807, 2.05) is 43.5 Å². The van der Waals surface area contributed by atoms with Crippen LogP contribution in [0.5, 0.6) is 0 Å². The van der Waals surface area contributed by atoms with Crippen molar-refractivity contribution >= 4 is 6.09 Å². The highest BCUT2D eigenvalue weighted by molar-refractivity contribution is 5.70. The summed E-state index contributed by atoms with van der Waals surface area (Å²) in [6.45, 7) is 6.11. The van der Waals surface area contributed by atoms with E-state index in [4.69, 9.17) is 4.74 Å². The highest BCUT2D eigenvalue weighted by atomic mass is 16.6. The van der Waals surface area contributed by atoms with Crippen LogP contribution >= 0.6 is 0 Å². The van der Waals surface area contributed by atoms with E-state index >= 15 is 0 Å². The molecule has 2 aliphatic rings. The predicted octanol–water partition coefficient (Wildman–Crippen LogP) is 5.84. The third kappa shape index (κ3) is 4.60. The number of rotatable bonds is 7. The largest absolute Gasteiger partial charge is 0.438 e. The zero-order valence-corrected chi connectivity index (χ0v) is 20.1. The molecule has 1 saturated carbocycles.